The molecule has 1 atom stereocenters. The molecule has 22 heavy (non-hydrogen) atoms. The summed E-state index contributed by atoms with van der Waals surface area (Å²) in [6.45, 7) is 0. The standard InChI is InChI=1S/C15H19NO4S2/c17-13-6-5-10(9-12(13)15(19)20)16-14(18)4-2-1-3-11-7-8-21-22-11/h5-6,9,11,17H,1-4,7-8H2,(H,16,18)(H,19,20). The van der Waals surface area contributed by atoms with Crippen LogP contribution in [0.2, 0.25) is 0 Å². The molecule has 1 aliphatic heterocycles. The molecule has 0 aromatic heterocycles. The number of hydrogen-bond donors (Lipinski definition) is 3. The van der Waals surface area contributed by atoms with E-state index >= 15 is 0 Å². The number of benzene rings is 1. The second-order valence-electron chi connectivity index (χ2n) is 5.16. The molecule has 120 valence electrons. The number of carboxylic acid groups (broad SMARTS) is 1. The maximum Gasteiger partial charge on any atom is 0.339 e. The molecule has 3 N–H and O–H groups in total. The van der Waals surface area contributed by atoms with Gasteiger partial charge in [-0.15, -0.1) is 0 Å². The van der Waals surface area contributed by atoms with Crippen LogP contribution in [0.3, 0.4) is 0 Å². The van der Waals surface area contributed by atoms with Crippen molar-refractivity contribution >= 4 is 39.2 Å². The van der Waals surface area contributed by atoms with Gasteiger partial charge in [0.15, 0.2) is 0 Å². The second-order valence-corrected chi connectivity index (χ2v) is 7.95. The Hall–Kier alpha value is -1.34. The first-order valence-electron chi connectivity index (χ1n) is 7.20. The summed E-state index contributed by atoms with van der Waals surface area (Å²) < 4.78 is 0. The van der Waals surface area contributed by atoms with Crippen molar-refractivity contribution in [3.8, 4) is 5.75 Å². The van der Waals surface area contributed by atoms with Crippen LogP contribution in [0.15, 0.2) is 18.2 Å². The number of nitrogens with one attached hydrogen (secondary N) is 1. The van der Waals surface area contributed by atoms with Crippen LogP contribution in [0.25, 0.3) is 0 Å². The number of rotatable bonds is 7. The first-order chi connectivity index (χ1) is 10.6. The van der Waals surface area contributed by atoms with E-state index < -0.39 is 5.97 Å². The highest BCUT2D eigenvalue weighted by Crippen LogP contribution is 2.39. The zero-order chi connectivity index (χ0) is 15.9. The normalized spacial score (nSPS) is 17.4. The van der Waals surface area contributed by atoms with Gasteiger partial charge in [0.25, 0.3) is 0 Å². The monoisotopic (exact) mass is 341 g/mol. The minimum Gasteiger partial charge on any atom is -0.507 e. The van der Waals surface area contributed by atoms with Gasteiger partial charge in [-0.2, -0.15) is 0 Å². The van der Waals surface area contributed by atoms with Crippen LogP contribution in [0.5, 0.6) is 5.75 Å². The van der Waals surface area contributed by atoms with E-state index in [-0.39, 0.29) is 17.2 Å². The fourth-order valence-electron chi connectivity index (χ4n) is 2.23. The largest absolute Gasteiger partial charge is 0.507 e. The molecule has 1 amide bonds. The Kier molecular flexibility index (Phi) is 6.45. The number of phenols is 1. The molecule has 0 spiro atoms. The van der Waals surface area contributed by atoms with Crippen LogP contribution < -0.4 is 5.32 Å². The predicted octanol–water partition coefficient (Wildman–Crippen LogP) is 3.74. The van der Waals surface area contributed by atoms with Crippen molar-refractivity contribution in [3.63, 3.8) is 0 Å². The van der Waals surface area contributed by atoms with Gasteiger partial charge in [-0.05, 0) is 37.5 Å². The van der Waals surface area contributed by atoms with Gasteiger partial charge in [-0.1, -0.05) is 28.0 Å². The Balaban J connectivity index is 1.74. The summed E-state index contributed by atoms with van der Waals surface area (Å²) in [4.78, 5) is 22.8. The third-order valence-electron chi connectivity index (χ3n) is 3.42. The van der Waals surface area contributed by atoms with Crippen LogP contribution in [-0.2, 0) is 4.79 Å². The predicted molar refractivity (Wildman–Crippen MR) is 90.6 cm³/mol. The van der Waals surface area contributed by atoms with Gasteiger partial charge in [-0.3, -0.25) is 4.79 Å². The fourth-order valence-corrected chi connectivity index (χ4v) is 5.26. The highest BCUT2D eigenvalue weighted by Gasteiger charge is 2.16. The highest BCUT2D eigenvalue weighted by molar-refractivity contribution is 8.77. The Bertz CT molecular complexity index is 544. The van der Waals surface area contributed by atoms with Crippen molar-refractivity contribution in [2.45, 2.75) is 37.4 Å². The number of carbonyl (C=O) groups excluding carboxylic acids is 1. The lowest BCUT2D eigenvalue weighted by atomic mass is 10.1. The number of carbonyl (C=O) groups is 2. The first-order valence-corrected chi connectivity index (χ1v) is 9.59. The quantitative estimate of drug-likeness (QED) is 0.398. The van der Waals surface area contributed by atoms with E-state index in [1.807, 2.05) is 21.6 Å². The molecule has 1 saturated heterocycles. The van der Waals surface area contributed by atoms with Gasteiger partial charge in [0.1, 0.15) is 11.3 Å². The average Bonchev–Trinajstić information content (AvgIpc) is 2.98. The molecule has 0 bridgehead atoms. The van der Waals surface area contributed by atoms with Crippen molar-refractivity contribution in [1.29, 1.82) is 0 Å². The van der Waals surface area contributed by atoms with Crippen molar-refractivity contribution in [2.75, 3.05) is 11.1 Å². The maximum absolute atomic E-state index is 11.8. The second kappa shape index (κ2) is 8.33. The Morgan fingerprint density at radius 3 is 2.82 bits per heavy atom. The molecule has 2 rings (SSSR count). The summed E-state index contributed by atoms with van der Waals surface area (Å²) in [5.41, 5.74) is 0.177. The number of aromatic carboxylic acids is 1. The zero-order valence-corrected chi connectivity index (χ0v) is 13.7. The third-order valence-corrected chi connectivity index (χ3v) is 6.42. The van der Waals surface area contributed by atoms with E-state index in [4.69, 9.17) is 5.11 Å². The van der Waals surface area contributed by atoms with Gasteiger partial charge in [0.05, 0.1) is 0 Å². The number of amides is 1. The average molecular weight is 341 g/mol. The molecule has 1 fully saturated rings. The van der Waals surface area contributed by atoms with E-state index in [1.165, 1.54) is 30.4 Å². The number of unbranched alkanes of at least 4 members (excludes halogenated alkanes) is 1. The van der Waals surface area contributed by atoms with Crippen LogP contribution in [0.4, 0.5) is 5.69 Å². The lowest BCUT2D eigenvalue weighted by molar-refractivity contribution is -0.116. The molecular formula is C15H19NO4S2. The smallest absolute Gasteiger partial charge is 0.339 e. The van der Waals surface area contributed by atoms with E-state index in [9.17, 15) is 14.7 Å². The molecule has 0 saturated carbocycles. The van der Waals surface area contributed by atoms with Gasteiger partial charge in [0.2, 0.25) is 5.91 Å². The molecular weight excluding hydrogens is 322 g/mol. The summed E-state index contributed by atoms with van der Waals surface area (Å²) in [7, 11) is 3.87. The van der Waals surface area contributed by atoms with Crippen molar-refractivity contribution in [2.24, 2.45) is 0 Å². The topological polar surface area (TPSA) is 86.6 Å². The minimum absolute atomic E-state index is 0.129. The summed E-state index contributed by atoms with van der Waals surface area (Å²) in [6.07, 6.45) is 4.69. The van der Waals surface area contributed by atoms with Crippen molar-refractivity contribution in [1.82, 2.24) is 0 Å². The van der Waals surface area contributed by atoms with Gasteiger partial charge in [0, 0.05) is 23.1 Å². The number of hydrogen-bond acceptors (Lipinski definition) is 5. The number of aromatic hydroxyl groups is 1. The molecule has 5 nitrogen and oxygen atoms in total. The van der Waals surface area contributed by atoms with Crippen molar-refractivity contribution < 1.29 is 19.8 Å². The fraction of sp³-hybridized carbons (Fsp3) is 0.467. The summed E-state index contributed by atoms with van der Waals surface area (Å²) in [5, 5.41) is 21.7. The van der Waals surface area contributed by atoms with E-state index in [0.29, 0.717) is 12.1 Å². The number of carboxylic acids is 1. The SMILES string of the molecule is O=C(CCCCC1CCSS1)Nc1ccc(O)c(C(=O)O)c1. The van der Waals surface area contributed by atoms with Crippen LogP contribution >= 0.6 is 21.6 Å². The van der Waals surface area contributed by atoms with Crippen LogP contribution in [-0.4, -0.2) is 33.1 Å². The molecule has 1 aliphatic rings. The summed E-state index contributed by atoms with van der Waals surface area (Å²) in [6, 6.07) is 4.03. The van der Waals surface area contributed by atoms with Crippen LogP contribution in [0.1, 0.15) is 42.5 Å². The van der Waals surface area contributed by atoms with E-state index in [0.717, 1.165) is 24.5 Å². The third kappa shape index (κ3) is 5.14. The zero-order valence-electron chi connectivity index (χ0n) is 12.1. The minimum atomic E-state index is -1.22. The molecule has 7 heteroatoms. The van der Waals surface area contributed by atoms with Gasteiger partial charge < -0.3 is 15.5 Å². The molecule has 1 unspecified atom stereocenters. The Morgan fingerprint density at radius 1 is 1.32 bits per heavy atom. The van der Waals surface area contributed by atoms with Crippen molar-refractivity contribution in [3.05, 3.63) is 23.8 Å². The van der Waals surface area contributed by atoms with Gasteiger partial charge >= 0.3 is 5.97 Å². The Morgan fingerprint density at radius 2 is 2.14 bits per heavy atom. The number of anilines is 1. The molecule has 1 aromatic carbocycles. The molecule has 1 heterocycles. The molecule has 0 aliphatic carbocycles. The van der Waals surface area contributed by atoms with Crippen LogP contribution in [0, 0.1) is 0 Å². The highest BCUT2D eigenvalue weighted by atomic mass is 33.1. The first kappa shape index (κ1) is 17.0. The lowest BCUT2D eigenvalue weighted by Crippen LogP contribution is -2.12. The summed E-state index contributed by atoms with van der Waals surface area (Å²) >= 11 is 0. The lowest BCUT2D eigenvalue weighted by Gasteiger charge is -2.08. The maximum atomic E-state index is 11.8. The molecule has 1 aromatic rings. The van der Waals surface area contributed by atoms with Gasteiger partial charge in [-0.25, -0.2) is 4.79 Å². The van der Waals surface area contributed by atoms with E-state index in [2.05, 4.69) is 5.32 Å². The summed E-state index contributed by atoms with van der Waals surface area (Å²) in [5.74, 6) is -0.434. The van der Waals surface area contributed by atoms with E-state index in [1.54, 1.807) is 0 Å². The molecule has 0 radical (unpaired) electrons. The Labute approximate surface area is 137 Å².